The van der Waals surface area contributed by atoms with Gasteiger partial charge in [-0.1, -0.05) is 97.8 Å². The molecule has 4 heteroatoms. The third kappa shape index (κ3) is 21.5. The quantitative estimate of drug-likeness (QED) is 0.146. The minimum atomic E-state index is -0.0652. The Kier molecular flexibility index (Phi) is 20.9. The van der Waals surface area contributed by atoms with Crippen molar-refractivity contribution in [1.29, 1.82) is 0 Å². The monoisotopic (exact) mass is 412 g/mol. The van der Waals surface area contributed by atoms with E-state index in [2.05, 4.69) is 20.8 Å². The van der Waals surface area contributed by atoms with Gasteiger partial charge in [0.2, 0.25) is 0 Å². The van der Waals surface area contributed by atoms with Crippen molar-refractivity contribution in [3.05, 3.63) is 0 Å². The number of carbonyl (C=O) groups is 2. The zero-order chi connectivity index (χ0) is 21.6. The Bertz CT molecular complexity index is 381. The van der Waals surface area contributed by atoms with Crippen LogP contribution in [-0.2, 0) is 19.1 Å². The van der Waals surface area contributed by atoms with Crippen LogP contribution in [0.15, 0.2) is 0 Å². The van der Waals surface area contributed by atoms with Gasteiger partial charge >= 0.3 is 11.9 Å². The van der Waals surface area contributed by atoms with E-state index in [1.165, 1.54) is 44.9 Å². The number of esters is 2. The van der Waals surface area contributed by atoms with Crippen LogP contribution in [0, 0.1) is 5.92 Å². The summed E-state index contributed by atoms with van der Waals surface area (Å²) in [6.07, 6.45) is 18.4. The number of unbranched alkanes of at least 4 members (excludes halogenated alkanes) is 12. The second-order valence-electron chi connectivity index (χ2n) is 8.51. The molecule has 0 bridgehead atoms. The largest absolute Gasteiger partial charge is 0.466 e. The predicted octanol–water partition coefficient (Wildman–Crippen LogP) is 7.38. The summed E-state index contributed by atoms with van der Waals surface area (Å²) in [7, 11) is 0. The molecule has 0 aliphatic carbocycles. The van der Waals surface area contributed by atoms with E-state index in [1.54, 1.807) is 0 Å². The average molecular weight is 413 g/mol. The van der Waals surface area contributed by atoms with Crippen molar-refractivity contribution < 1.29 is 19.1 Å². The molecule has 0 saturated heterocycles. The Morgan fingerprint density at radius 1 is 0.621 bits per heavy atom. The lowest BCUT2D eigenvalue weighted by atomic mass is 10.1. The summed E-state index contributed by atoms with van der Waals surface area (Å²) in [5.41, 5.74) is 0. The summed E-state index contributed by atoms with van der Waals surface area (Å²) < 4.78 is 10.6. The molecule has 0 N–H and O–H groups in total. The van der Waals surface area contributed by atoms with Crippen molar-refractivity contribution in [2.45, 2.75) is 130 Å². The molecule has 0 rings (SSSR count). The zero-order valence-corrected chi connectivity index (χ0v) is 19.6. The van der Waals surface area contributed by atoms with Crippen molar-refractivity contribution >= 4 is 11.9 Å². The molecule has 0 aromatic heterocycles. The van der Waals surface area contributed by atoms with Crippen LogP contribution >= 0.6 is 0 Å². The molecule has 0 aromatic carbocycles. The molecule has 0 saturated carbocycles. The van der Waals surface area contributed by atoms with Crippen LogP contribution in [0.25, 0.3) is 0 Å². The van der Waals surface area contributed by atoms with Gasteiger partial charge in [0.15, 0.2) is 0 Å². The molecule has 0 amide bonds. The van der Waals surface area contributed by atoms with E-state index in [-0.39, 0.29) is 11.9 Å². The second kappa shape index (κ2) is 21.6. The van der Waals surface area contributed by atoms with E-state index in [1.807, 2.05) is 0 Å². The van der Waals surface area contributed by atoms with Crippen LogP contribution in [0.1, 0.15) is 130 Å². The first-order chi connectivity index (χ1) is 14.1. The number of hydrogen-bond acceptors (Lipinski definition) is 4. The van der Waals surface area contributed by atoms with Crippen LogP contribution in [0.5, 0.6) is 0 Å². The Hall–Kier alpha value is -1.06. The van der Waals surface area contributed by atoms with Crippen molar-refractivity contribution in [3.8, 4) is 0 Å². The van der Waals surface area contributed by atoms with Gasteiger partial charge in [-0.3, -0.25) is 9.59 Å². The van der Waals surface area contributed by atoms with Crippen molar-refractivity contribution in [3.63, 3.8) is 0 Å². The van der Waals surface area contributed by atoms with Crippen LogP contribution in [0.4, 0.5) is 0 Å². The third-order valence-electron chi connectivity index (χ3n) is 5.50. The van der Waals surface area contributed by atoms with Gasteiger partial charge in [0.05, 0.1) is 13.2 Å². The summed E-state index contributed by atoms with van der Waals surface area (Å²) in [5.74, 6) is 0.340. The van der Waals surface area contributed by atoms with Gasteiger partial charge in [0.1, 0.15) is 0 Å². The van der Waals surface area contributed by atoms with E-state index < -0.39 is 0 Å². The molecular weight excluding hydrogens is 364 g/mol. The third-order valence-corrected chi connectivity index (χ3v) is 5.50. The normalized spacial score (nSPS) is 12.0. The number of rotatable bonds is 21. The number of ether oxygens (including phenoxy) is 2. The average Bonchev–Trinajstić information content (AvgIpc) is 2.72. The van der Waals surface area contributed by atoms with Crippen LogP contribution in [0.3, 0.4) is 0 Å². The summed E-state index contributed by atoms with van der Waals surface area (Å²) in [6, 6.07) is 0. The van der Waals surface area contributed by atoms with Crippen LogP contribution in [0.2, 0.25) is 0 Å². The molecule has 0 radical (unpaired) electrons. The van der Waals surface area contributed by atoms with E-state index in [9.17, 15) is 9.59 Å². The summed E-state index contributed by atoms with van der Waals surface area (Å²) in [4.78, 5) is 23.3. The molecule has 1 unspecified atom stereocenters. The minimum Gasteiger partial charge on any atom is -0.466 e. The highest BCUT2D eigenvalue weighted by Crippen LogP contribution is 2.11. The minimum absolute atomic E-state index is 0.0444. The standard InChI is InChI=1S/C25H48O4/c1-4-6-7-8-9-12-15-18-21-28-24(26)19-16-13-10-11-14-17-20-25(27)29-22-23(3)5-2/h23H,4-22H2,1-3H3. The second-order valence-corrected chi connectivity index (χ2v) is 8.51. The molecule has 0 aliphatic rings. The lowest BCUT2D eigenvalue weighted by Gasteiger charge is -2.09. The Morgan fingerprint density at radius 3 is 1.59 bits per heavy atom. The Labute approximate surface area is 180 Å². The van der Waals surface area contributed by atoms with E-state index >= 15 is 0 Å². The number of carbonyl (C=O) groups excluding carboxylic acids is 2. The zero-order valence-electron chi connectivity index (χ0n) is 19.6. The summed E-state index contributed by atoms with van der Waals surface area (Å²) in [6.45, 7) is 7.57. The molecule has 0 heterocycles. The van der Waals surface area contributed by atoms with E-state index in [0.29, 0.717) is 32.0 Å². The highest BCUT2D eigenvalue weighted by Gasteiger charge is 2.06. The topological polar surface area (TPSA) is 52.6 Å². The number of hydrogen-bond donors (Lipinski definition) is 0. The fraction of sp³-hybridized carbons (Fsp3) is 0.920. The van der Waals surface area contributed by atoms with Gasteiger partial charge in [-0.2, -0.15) is 0 Å². The van der Waals surface area contributed by atoms with Crippen molar-refractivity contribution in [2.75, 3.05) is 13.2 Å². The molecule has 0 fully saturated rings. The molecule has 0 aromatic rings. The summed E-state index contributed by atoms with van der Waals surface area (Å²) >= 11 is 0. The highest BCUT2D eigenvalue weighted by atomic mass is 16.5. The smallest absolute Gasteiger partial charge is 0.305 e. The maximum absolute atomic E-state index is 11.7. The van der Waals surface area contributed by atoms with E-state index in [4.69, 9.17) is 9.47 Å². The van der Waals surface area contributed by atoms with Crippen LogP contribution < -0.4 is 0 Å². The SMILES string of the molecule is CCCCCCCCCCOC(=O)CCCCCCCCC(=O)OCC(C)CC. The highest BCUT2D eigenvalue weighted by molar-refractivity contribution is 5.69. The van der Waals surface area contributed by atoms with Crippen LogP contribution in [-0.4, -0.2) is 25.2 Å². The predicted molar refractivity (Wildman–Crippen MR) is 121 cm³/mol. The van der Waals surface area contributed by atoms with Gasteiger partial charge in [0, 0.05) is 12.8 Å². The molecule has 1 atom stereocenters. The molecule has 29 heavy (non-hydrogen) atoms. The lowest BCUT2D eigenvalue weighted by Crippen LogP contribution is -2.11. The molecule has 0 aliphatic heterocycles. The van der Waals surface area contributed by atoms with Gasteiger partial charge in [-0.05, 0) is 25.2 Å². The van der Waals surface area contributed by atoms with Gasteiger partial charge < -0.3 is 9.47 Å². The Morgan fingerprint density at radius 2 is 1.07 bits per heavy atom. The van der Waals surface area contributed by atoms with Gasteiger partial charge in [-0.15, -0.1) is 0 Å². The molecular formula is C25H48O4. The molecule has 4 nitrogen and oxygen atoms in total. The maximum atomic E-state index is 11.7. The Balaban J connectivity index is 3.28. The fourth-order valence-electron chi connectivity index (χ4n) is 3.17. The first kappa shape index (κ1) is 27.9. The van der Waals surface area contributed by atoms with Crippen molar-refractivity contribution in [2.24, 2.45) is 5.92 Å². The lowest BCUT2D eigenvalue weighted by molar-refractivity contribution is -0.145. The maximum Gasteiger partial charge on any atom is 0.305 e. The fourth-order valence-corrected chi connectivity index (χ4v) is 3.17. The summed E-state index contributed by atoms with van der Waals surface area (Å²) in [5, 5.41) is 0. The van der Waals surface area contributed by atoms with Crippen molar-refractivity contribution in [1.82, 2.24) is 0 Å². The molecule has 172 valence electrons. The molecule has 0 spiro atoms. The first-order valence-electron chi connectivity index (χ1n) is 12.4. The first-order valence-corrected chi connectivity index (χ1v) is 12.4. The van der Waals surface area contributed by atoms with E-state index in [0.717, 1.165) is 51.4 Å². The van der Waals surface area contributed by atoms with Gasteiger partial charge in [0.25, 0.3) is 0 Å². The van der Waals surface area contributed by atoms with Gasteiger partial charge in [-0.25, -0.2) is 0 Å².